The summed E-state index contributed by atoms with van der Waals surface area (Å²) >= 11 is 0. The predicted octanol–water partition coefficient (Wildman–Crippen LogP) is 17.3. The van der Waals surface area contributed by atoms with Crippen LogP contribution in [-0.2, 0) is 27.1 Å². The Morgan fingerprint density at radius 3 is 1.15 bits per heavy atom. The van der Waals surface area contributed by atoms with Crippen LogP contribution in [0.5, 0.6) is 0 Å². The summed E-state index contributed by atoms with van der Waals surface area (Å²) in [7, 11) is 0. The van der Waals surface area contributed by atoms with Crippen molar-refractivity contribution >= 4 is 17.1 Å². The van der Waals surface area contributed by atoms with Crippen LogP contribution in [0.4, 0.5) is 17.1 Å². The van der Waals surface area contributed by atoms with Gasteiger partial charge in [0, 0.05) is 27.9 Å². The van der Waals surface area contributed by atoms with Gasteiger partial charge in [0.25, 0.3) is 0 Å². The molecule has 0 saturated heterocycles. The minimum absolute atomic E-state index is 0.0799. The van der Waals surface area contributed by atoms with Crippen LogP contribution in [-0.4, -0.2) is 0 Å². The van der Waals surface area contributed by atoms with Gasteiger partial charge in [-0.05, 0) is 155 Å². The van der Waals surface area contributed by atoms with Crippen molar-refractivity contribution < 1.29 is 0 Å². The van der Waals surface area contributed by atoms with Crippen LogP contribution in [0.2, 0.25) is 0 Å². The minimum Gasteiger partial charge on any atom is -0.310 e. The number of hydrogen-bond donors (Lipinski definition) is 0. The van der Waals surface area contributed by atoms with Crippen molar-refractivity contribution in [3.63, 3.8) is 0 Å². The summed E-state index contributed by atoms with van der Waals surface area (Å²) in [6.07, 6.45) is 0. The highest BCUT2D eigenvalue weighted by molar-refractivity contribution is 5.92. The predicted molar refractivity (Wildman–Crippen MR) is 268 cm³/mol. The molecule has 0 amide bonds. The van der Waals surface area contributed by atoms with Gasteiger partial charge in [0.1, 0.15) is 0 Å². The lowest BCUT2D eigenvalue weighted by Gasteiger charge is -2.32. The molecular formula is C61H65N. The first-order valence-corrected chi connectivity index (χ1v) is 22.8. The molecule has 0 bridgehead atoms. The molecule has 0 aromatic heterocycles. The van der Waals surface area contributed by atoms with E-state index in [1.807, 2.05) is 0 Å². The standard InChI is InChI=1S/C61H65N/c1-38-20-26-44(27-21-38)62(43-18-16-15-17-19-43)45-36-50(39-22-28-46-48-30-24-41(57(2,3)4)34-54(48)60(11,12)52(46)32-39)56(59(8,9)10)51(37-45)40-23-29-47-49-31-25-42(58(5,6)7)35-55(49)61(13,14)53(47)33-40/h15-37H,1-14H3. The molecule has 1 nitrogen and oxygen atoms in total. The van der Waals surface area contributed by atoms with Gasteiger partial charge in [-0.25, -0.2) is 0 Å². The maximum absolute atomic E-state index is 2.53. The number of hydrogen-bond acceptors (Lipinski definition) is 1. The molecule has 0 saturated carbocycles. The van der Waals surface area contributed by atoms with Crippen LogP contribution >= 0.6 is 0 Å². The zero-order valence-electron chi connectivity index (χ0n) is 39.7. The molecule has 314 valence electrons. The monoisotopic (exact) mass is 812 g/mol. The lowest BCUT2D eigenvalue weighted by atomic mass is 9.75. The lowest BCUT2D eigenvalue weighted by Crippen LogP contribution is -2.19. The van der Waals surface area contributed by atoms with Gasteiger partial charge in [-0.1, -0.05) is 187 Å². The molecule has 2 aliphatic carbocycles. The van der Waals surface area contributed by atoms with E-state index in [-0.39, 0.29) is 27.1 Å². The normalized spacial score (nSPS) is 14.9. The van der Waals surface area contributed by atoms with Crippen molar-refractivity contribution in [1.29, 1.82) is 0 Å². The third-order valence-electron chi connectivity index (χ3n) is 14.1. The molecule has 7 aromatic carbocycles. The zero-order chi connectivity index (χ0) is 44.3. The summed E-state index contributed by atoms with van der Waals surface area (Å²) in [6, 6.07) is 53.9. The first-order chi connectivity index (χ1) is 29.0. The van der Waals surface area contributed by atoms with Gasteiger partial charge in [-0.2, -0.15) is 0 Å². The summed E-state index contributed by atoms with van der Waals surface area (Å²) in [5.41, 5.74) is 24.6. The van der Waals surface area contributed by atoms with Gasteiger partial charge >= 0.3 is 0 Å². The van der Waals surface area contributed by atoms with Crippen molar-refractivity contribution in [3.05, 3.63) is 184 Å². The van der Waals surface area contributed by atoms with Crippen LogP contribution in [0.25, 0.3) is 44.5 Å². The minimum atomic E-state index is -0.178. The molecule has 0 atom stereocenters. The number of fused-ring (bicyclic) bond motifs is 6. The fourth-order valence-electron chi connectivity index (χ4n) is 10.5. The van der Waals surface area contributed by atoms with Gasteiger partial charge in [0.05, 0.1) is 0 Å². The van der Waals surface area contributed by atoms with E-state index in [0.717, 1.165) is 17.1 Å². The topological polar surface area (TPSA) is 3.24 Å². The second kappa shape index (κ2) is 14.2. The molecule has 0 aliphatic heterocycles. The van der Waals surface area contributed by atoms with E-state index in [1.165, 1.54) is 89.0 Å². The van der Waals surface area contributed by atoms with Crippen molar-refractivity contribution in [1.82, 2.24) is 0 Å². The third kappa shape index (κ3) is 6.84. The number of nitrogens with zero attached hydrogens (tertiary/aromatic N) is 1. The SMILES string of the molecule is Cc1ccc(N(c2ccccc2)c2cc(-c3ccc4c(c3)C(C)(C)c3cc(C(C)(C)C)ccc3-4)c(C(C)(C)C)c(-c3ccc4c(c3)C(C)(C)c3cc(C(C)(C)C)ccc3-4)c2)cc1. The summed E-state index contributed by atoms with van der Waals surface area (Å²) < 4.78 is 0. The van der Waals surface area contributed by atoms with E-state index < -0.39 is 0 Å². The van der Waals surface area contributed by atoms with E-state index in [9.17, 15) is 0 Å². The van der Waals surface area contributed by atoms with E-state index in [0.29, 0.717) is 0 Å². The summed E-state index contributed by atoms with van der Waals surface area (Å²) in [6.45, 7) is 32.9. The van der Waals surface area contributed by atoms with E-state index >= 15 is 0 Å². The van der Waals surface area contributed by atoms with E-state index in [4.69, 9.17) is 0 Å². The maximum Gasteiger partial charge on any atom is 0.0474 e. The van der Waals surface area contributed by atoms with Gasteiger partial charge in [-0.15, -0.1) is 0 Å². The van der Waals surface area contributed by atoms with Crippen LogP contribution in [0, 0.1) is 6.92 Å². The quantitative estimate of drug-likeness (QED) is 0.167. The van der Waals surface area contributed by atoms with Crippen LogP contribution in [0.3, 0.4) is 0 Å². The molecule has 2 aliphatic rings. The Kier molecular flexibility index (Phi) is 9.53. The van der Waals surface area contributed by atoms with Gasteiger partial charge in [-0.3, -0.25) is 0 Å². The van der Waals surface area contributed by atoms with Crippen LogP contribution in [0.15, 0.2) is 140 Å². The maximum atomic E-state index is 2.53. The molecular weight excluding hydrogens is 747 g/mol. The van der Waals surface area contributed by atoms with Crippen molar-refractivity contribution in [3.8, 4) is 44.5 Å². The van der Waals surface area contributed by atoms with Crippen molar-refractivity contribution in [2.24, 2.45) is 0 Å². The molecule has 0 radical (unpaired) electrons. The Morgan fingerprint density at radius 2 is 0.742 bits per heavy atom. The number of aryl methyl sites for hydroxylation is 1. The summed E-state index contributed by atoms with van der Waals surface area (Å²) in [5, 5.41) is 0. The van der Waals surface area contributed by atoms with Crippen molar-refractivity contribution in [2.45, 2.75) is 124 Å². The number of benzene rings is 7. The molecule has 1 heteroatoms. The number of rotatable bonds is 5. The van der Waals surface area contributed by atoms with Gasteiger partial charge in [0.15, 0.2) is 0 Å². The van der Waals surface area contributed by atoms with Gasteiger partial charge in [0.2, 0.25) is 0 Å². The molecule has 0 N–H and O–H groups in total. The fraction of sp³-hybridized carbons (Fsp3) is 0.311. The molecule has 9 rings (SSSR count). The Bertz CT molecular complexity index is 2730. The lowest BCUT2D eigenvalue weighted by molar-refractivity contribution is 0.584. The average Bonchev–Trinajstić information content (AvgIpc) is 3.58. The van der Waals surface area contributed by atoms with Crippen molar-refractivity contribution in [2.75, 3.05) is 4.90 Å². The highest BCUT2D eigenvalue weighted by Crippen LogP contribution is 2.55. The van der Waals surface area contributed by atoms with Crippen LogP contribution < -0.4 is 4.90 Å². The average molecular weight is 812 g/mol. The second-order valence-electron chi connectivity index (χ2n) is 22.5. The third-order valence-corrected chi connectivity index (χ3v) is 14.1. The second-order valence-corrected chi connectivity index (χ2v) is 22.5. The first-order valence-electron chi connectivity index (χ1n) is 22.8. The number of para-hydroxylation sites is 1. The first kappa shape index (κ1) is 41.7. The smallest absolute Gasteiger partial charge is 0.0474 e. The Hall–Kier alpha value is -5.66. The zero-order valence-corrected chi connectivity index (χ0v) is 39.7. The Labute approximate surface area is 372 Å². The molecule has 0 fully saturated rings. The highest BCUT2D eigenvalue weighted by atomic mass is 15.1. The molecule has 0 unspecified atom stereocenters. The van der Waals surface area contributed by atoms with Crippen LogP contribution in [0.1, 0.15) is 135 Å². The van der Waals surface area contributed by atoms with E-state index in [2.05, 4.69) is 241 Å². The Balaban J connectivity index is 1.31. The molecule has 0 heterocycles. The van der Waals surface area contributed by atoms with Gasteiger partial charge < -0.3 is 4.90 Å². The highest BCUT2D eigenvalue weighted by Gasteiger charge is 2.39. The Morgan fingerprint density at radius 1 is 0.355 bits per heavy atom. The number of anilines is 3. The fourth-order valence-corrected chi connectivity index (χ4v) is 10.5. The summed E-state index contributed by atoms with van der Waals surface area (Å²) in [4.78, 5) is 2.45. The largest absolute Gasteiger partial charge is 0.310 e. The summed E-state index contributed by atoms with van der Waals surface area (Å²) in [5.74, 6) is 0. The molecule has 0 spiro atoms. The van der Waals surface area contributed by atoms with E-state index in [1.54, 1.807) is 0 Å². The molecule has 62 heavy (non-hydrogen) atoms. The molecule has 7 aromatic rings.